The zero-order chi connectivity index (χ0) is 15.1. The molecule has 0 aliphatic rings. The van der Waals surface area contributed by atoms with Gasteiger partial charge in [-0.1, -0.05) is 26.0 Å². The first kappa shape index (κ1) is 15.6. The van der Waals surface area contributed by atoms with Gasteiger partial charge in [-0.2, -0.15) is 5.10 Å². The number of rotatable bonds is 8. The van der Waals surface area contributed by atoms with Gasteiger partial charge in [0.1, 0.15) is 5.75 Å². The van der Waals surface area contributed by atoms with E-state index in [9.17, 15) is 0 Å². The van der Waals surface area contributed by atoms with Gasteiger partial charge in [-0.25, -0.2) is 0 Å². The summed E-state index contributed by atoms with van der Waals surface area (Å²) in [6, 6.07) is 8.28. The Labute approximate surface area is 127 Å². The van der Waals surface area contributed by atoms with Crippen LogP contribution in [0, 0.1) is 0 Å². The minimum absolute atomic E-state index is 0.770. The molecule has 0 aliphatic heterocycles. The molecule has 1 heterocycles. The number of aromatic nitrogens is 2. The van der Waals surface area contributed by atoms with Crippen LogP contribution in [0.4, 0.5) is 0 Å². The lowest BCUT2D eigenvalue weighted by molar-refractivity contribution is 0.317. The van der Waals surface area contributed by atoms with Crippen molar-refractivity contribution in [2.75, 3.05) is 6.61 Å². The van der Waals surface area contributed by atoms with E-state index in [2.05, 4.69) is 42.6 Å². The van der Waals surface area contributed by atoms with E-state index in [-0.39, 0.29) is 0 Å². The van der Waals surface area contributed by atoms with Crippen molar-refractivity contribution >= 4 is 0 Å². The van der Waals surface area contributed by atoms with Gasteiger partial charge in [0, 0.05) is 31.9 Å². The number of benzene rings is 1. The van der Waals surface area contributed by atoms with Gasteiger partial charge in [0.15, 0.2) is 0 Å². The summed E-state index contributed by atoms with van der Waals surface area (Å²) in [6.45, 7) is 6.70. The first-order valence-electron chi connectivity index (χ1n) is 7.66. The summed E-state index contributed by atoms with van der Waals surface area (Å²) in [5.74, 6) is 0.951. The molecule has 114 valence electrons. The summed E-state index contributed by atoms with van der Waals surface area (Å²) in [4.78, 5) is 0. The molecule has 2 rings (SSSR count). The van der Waals surface area contributed by atoms with Crippen molar-refractivity contribution in [3.05, 3.63) is 47.3 Å². The molecule has 4 heteroatoms. The maximum absolute atomic E-state index is 5.66. The highest BCUT2D eigenvalue weighted by Crippen LogP contribution is 2.14. The molecule has 0 saturated carbocycles. The van der Waals surface area contributed by atoms with Crippen molar-refractivity contribution in [3.63, 3.8) is 0 Å². The van der Waals surface area contributed by atoms with Gasteiger partial charge < -0.3 is 10.1 Å². The number of hydrogen-bond donors (Lipinski definition) is 1. The summed E-state index contributed by atoms with van der Waals surface area (Å²) in [6.07, 6.45) is 4.09. The SMILES string of the molecule is CCCOc1cccc(CNCc2cn(C)nc2CC)c1. The second-order valence-corrected chi connectivity index (χ2v) is 5.23. The van der Waals surface area contributed by atoms with Crippen LogP contribution in [0.15, 0.2) is 30.5 Å². The summed E-state index contributed by atoms with van der Waals surface area (Å²) < 4.78 is 7.54. The second-order valence-electron chi connectivity index (χ2n) is 5.23. The molecule has 1 N–H and O–H groups in total. The van der Waals surface area contributed by atoms with Crippen LogP contribution < -0.4 is 10.1 Å². The molecule has 0 atom stereocenters. The smallest absolute Gasteiger partial charge is 0.119 e. The summed E-state index contributed by atoms with van der Waals surface area (Å²) in [5.41, 5.74) is 3.69. The lowest BCUT2D eigenvalue weighted by atomic mass is 10.2. The number of nitrogens with one attached hydrogen (secondary N) is 1. The highest BCUT2D eigenvalue weighted by Gasteiger charge is 2.05. The Bertz CT molecular complexity index is 563. The zero-order valence-electron chi connectivity index (χ0n) is 13.2. The first-order chi connectivity index (χ1) is 10.2. The van der Waals surface area contributed by atoms with E-state index < -0.39 is 0 Å². The lowest BCUT2D eigenvalue weighted by Gasteiger charge is -2.08. The Morgan fingerprint density at radius 3 is 2.86 bits per heavy atom. The molecule has 0 unspecified atom stereocenters. The third-order valence-electron chi connectivity index (χ3n) is 3.34. The quantitative estimate of drug-likeness (QED) is 0.811. The van der Waals surface area contributed by atoms with E-state index in [4.69, 9.17) is 4.74 Å². The van der Waals surface area contributed by atoms with Crippen LogP contribution in [0.25, 0.3) is 0 Å². The Hall–Kier alpha value is -1.81. The largest absolute Gasteiger partial charge is 0.494 e. The van der Waals surface area contributed by atoms with Crippen LogP contribution in [-0.4, -0.2) is 16.4 Å². The van der Waals surface area contributed by atoms with Crippen LogP contribution in [0.2, 0.25) is 0 Å². The van der Waals surface area contributed by atoms with E-state index in [1.165, 1.54) is 16.8 Å². The van der Waals surface area contributed by atoms with Gasteiger partial charge in [-0.05, 0) is 30.5 Å². The number of hydrogen-bond acceptors (Lipinski definition) is 3. The van der Waals surface area contributed by atoms with E-state index in [1.807, 2.05) is 23.9 Å². The molecule has 0 aliphatic carbocycles. The Kier molecular flexibility index (Phi) is 5.81. The molecule has 0 radical (unpaired) electrons. The van der Waals surface area contributed by atoms with Gasteiger partial charge in [-0.3, -0.25) is 4.68 Å². The molecule has 2 aromatic rings. The number of ether oxygens (including phenoxy) is 1. The molecule has 0 saturated heterocycles. The van der Waals surface area contributed by atoms with Crippen molar-refractivity contribution in [3.8, 4) is 5.75 Å². The second kappa shape index (κ2) is 7.84. The normalized spacial score (nSPS) is 10.8. The molecule has 0 bridgehead atoms. The average molecular weight is 287 g/mol. The number of aryl methyl sites for hydroxylation is 2. The third kappa shape index (κ3) is 4.60. The van der Waals surface area contributed by atoms with Crippen LogP contribution in [-0.2, 0) is 26.6 Å². The standard InChI is InChI=1S/C17H25N3O/c1-4-9-21-16-8-6-7-14(10-16)11-18-12-15-13-20(3)19-17(15)5-2/h6-8,10,13,18H,4-5,9,11-12H2,1-3H3. The predicted molar refractivity (Wildman–Crippen MR) is 85.4 cm³/mol. The van der Waals surface area contributed by atoms with Crippen molar-refractivity contribution < 1.29 is 4.74 Å². The van der Waals surface area contributed by atoms with Crippen LogP contribution in [0.3, 0.4) is 0 Å². The highest BCUT2D eigenvalue weighted by atomic mass is 16.5. The van der Waals surface area contributed by atoms with E-state index >= 15 is 0 Å². The molecule has 0 amide bonds. The van der Waals surface area contributed by atoms with E-state index in [0.717, 1.165) is 38.3 Å². The van der Waals surface area contributed by atoms with E-state index in [0.29, 0.717) is 0 Å². The first-order valence-corrected chi connectivity index (χ1v) is 7.66. The Balaban J connectivity index is 1.88. The molecular formula is C17H25N3O. The zero-order valence-corrected chi connectivity index (χ0v) is 13.2. The monoisotopic (exact) mass is 287 g/mol. The minimum atomic E-state index is 0.770. The molecule has 0 fully saturated rings. The van der Waals surface area contributed by atoms with Gasteiger partial charge in [0.05, 0.1) is 12.3 Å². The fraction of sp³-hybridized carbons (Fsp3) is 0.471. The average Bonchev–Trinajstić information content (AvgIpc) is 2.86. The summed E-state index contributed by atoms with van der Waals surface area (Å²) >= 11 is 0. The molecule has 0 spiro atoms. The summed E-state index contributed by atoms with van der Waals surface area (Å²) in [7, 11) is 1.97. The molecule has 1 aromatic carbocycles. The maximum Gasteiger partial charge on any atom is 0.119 e. The van der Waals surface area contributed by atoms with Crippen LogP contribution >= 0.6 is 0 Å². The van der Waals surface area contributed by atoms with Crippen molar-refractivity contribution in [2.24, 2.45) is 7.05 Å². The predicted octanol–water partition coefficient (Wildman–Crippen LogP) is 3.06. The van der Waals surface area contributed by atoms with Crippen LogP contribution in [0.5, 0.6) is 5.75 Å². The Morgan fingerprint density at radius 2 is 2.10 bits per heavy atom. The fourth-order valence-electron chi connectivity index (χ4n) is 2.34. The van der Waals surface area contributed by atoms with Gasteiger partial charge in [-0.15, -0.1) is 0 Å². The van der Waals surface area contributed by atoms with Crippen molar-refractivity contribution in [1.29, 1.82) is 0 Å². The van der Waals surface area contributed by atoms with Crippen LogP contribution in [0.1, 0.15) is 37.1 Å². The topological polar surface area (TPSA) is 39.1 Å². The van der Waals surface area contributed by atoms with Gasteiger partial charge >= 0.3 is 0 Å². The molecule has 1 aromatic heterocycles. The molecule has 4 nitrogen and oxygen atoms in total. The fourth-order valence-corrected chi connectivity index (χ4v) is 2.34. The third-order valence-corrected chi connectivity index (χ3v) is 3.34. The minimum Gasteiger partial charge on any atom is -0.494 e. The molecular weight excluding hydrogens is 262 g/mol. The maximum atomic E-state index is 5.66. The summed E-state index contributed by atoms with van der Waals surface area (Å²) in [5, 5.41) is 7.94. The Morgan fingerprint density at radius 1 is 1.24 bits per heavy atom. The van der Waals surface area contributed by atoms with Crippen molar-refractivity contribution in [1.82, 2.24) is 15.1 Å². The van der Waals surface area contributed by atoms with Gasteiger partial charge in [0.25, 0.3) is 0 Å². The number of nitrogens with zero attached hydrogens (tertiary/aromatic N) is 2. The lowest BCUT2D eigenvalue weighted by Crippen LogP contribution is -2.13. The molecule has 21 heavy (non-hydrogen) atoms. The van der Waals surface area contributed by atoms with E-state index in [1.54, 1.807) is 0 Å². The van der Waals surface area contributed by atoms with Gasteiger partial charge in [0.2, 0.25) is 0 Å². The van der Waals surface area contributed by atoms with Crippen molar-refractivity contribution in [2.45, 2.75) is 39.8 Å². The highest BCUT2D eigenvalue weighted by molar-refractivity contribution is 5.28.